The van der Waals surface area contributed by atoms with Crippen LogP contribution in [0.1, 0.15) is 31.8 Å². The molecular formula is C16H6Cl2N2O3. The van der Waals surface area contributed by atoms with Crippen LogP contribution >= 0.6 is 23.2 Å². The lowest BCUT2D eigenvalue weighted by atomic mass is 10.1. The van der Waals surface area contributed by atoms with Gasteiger partial charge in [0.1, 0.15) is 12.1 Å². The molecule has 23 heavy (non-hydrogen) atoms. The van der Waals surface area contributed by atoms with E-state index in [1.807, 2.05) is 12.1 Å². The summed E-state index contributed by atoms with van der Waals surface area (Å²) >= 11 is 11.5. The van der Waals surface area contributed by atoms with Crippen molar-refractivity contribution in [2.45, 2.75) is 0 Å². The van der Waals surface area contributed by atoms with Crippen LogP contribution in [0.15, 0.2) is 36.4 Å². The van der Waals surface area contributed by atoms with Crippen molar-refractivity contribution in [3.63, 3.8) is 0 Å². The summed E-state index contributed by atoms with van der Waals surface area (Å²) in [4.78, 5) is 23.9. The van der Waals surface area contributed by atoms with Crippen LogP contribution in [-0.2, 0) is 4.74 Å². The van der Waals surface area contributed by atoms with Gasteiger partial charge < -0.3 is 4.74 Å². The van der Waals surface area contributed by atoms with Crippen LogP contribution in [0.2, 0.25) is 10.0 Å². The van der Waals surface area contributed by atoms with Gasteiger partial charge in [-0.2, -0.15) is 10.5 Å². The Morgan fingerprint density at radius 1 is 0.826 bits per heavy atom. The van der Waals surface area contributed by atoms with Crippen molar-refractivity contribution < 1.29 is 14.3 Å². The van der Waals surface area contributed by atoms with Gasteiger partial charge in [-0.15, -0.1) is 0 Å². The summed E-state index contributed by atoms with van der Waals surface area (Å²) in [5.41, 5.74) is 0.196. The number of benzene rings is 2. The van der Waals surface area contributed by atoms with Gasteiger partial charge in [0.2, 0.25) is 0 Å². The molecule has 0 spiro atoms. The van der Waals surface area contributed by atoms with E-state index >= 15 is 0 Å². The first kappa shape index (κ1) is 16.5. The highest BCUT2D eigenvalue weighted by Crippen LogP contribution is 2.19. The Balaban J connectivity index is 2.22. The van der Waals surface area contributed by atoms with Crippen molar-refractivity contribution in [1.29, 1.82) is 10.5 Å². The molecular weight excluding hydrogens is 339 g/mol. The molecule has 0 aliphatic rings. The lowest BCUT2D eigenvalue weighted by Crippen LogP contribution is -2.13. The predicted octanol–water partition coefficient (Wildman–Crippen LogP) is 3.73. The molecule has 112 valence electrons. The molecule has 0 aromatic heterocycles. The van der Waals surface area contributed by atoms with Crippen molar-refractivity contribution in [3.8, 4) is 12.1 Å². The number of nitrogens with zero attached hydrogens (tertiary/aromatic N) is 2. The molecule has 7 heteroatoms. The van der Waals surface area contributed by atoms with E-state index in [9.17, 15) is 9.59 Å². The molecule has 0 saturated heterocycles. The second-order valence-electron chi connectivity index (χ2n) is 4.29. The minimum Gasteiger partial charge on any atom is -0.386 e. The second kappa shape index (κ2) is 6.93. The van der Waals surface area contributed by atoms with E-state index in [1.165, 1.54) is 36.4 Å². The molecule has 0 aliphatic carbocycles. The highest BCUT2D eigenvalue weighted by atomic mass is 35.5. The van der Waals surface area contributed by atoms with Gasteiger partial charge in [0.05, 0.1) is 32.3 Å². The Hall–Kier alpha value is -2.86. The highest BCUT2D eigenvalue weighted by molar-refractivity contribution is 6.32. The molecule has 0 heterocycles. The number of halogens is 2. The highest BCUT2D eigenvalue weighted by Gasteiger charge is 2.17. The van der Waals surface area contributed by atoms with Crippen LogP contribution in [0.5, 0.6) is 0 Å². The topological polar surface area (TPSA) is 90.9 Å². The maximum absolute atomic E-state index is 11.9. The van der Waals surface area contributed by atoms with E-state index in [0.717, 1.165) is 0 Å². The van der Waals surface area contributed by atoms with E-state index in [0.29, 0.717) is 0 Å². The van der Waals surface area contributed by atoms with Crippen LogP contribution in [0.3, 0.4) is 0 Å². The third kappa shape index (κ3) is 3.67. The van der Waals surface area contributed by atoms with Gasteiger partial charge in [0.25, 0.3) is 0 Å². The Labute approximate surface area is 141 Å². The maximum atomic E-state index is 11.9. The van der Waals surface area contributed by atoms with E-state index in [1.54, 1.807) is 0 Å². The molecule has 0 radical (unpaired) electrons. The lowest BCUT2D eigenvalue weighted by Gasteiger charge is -2.05. The van der Waals surface area contributed by atoms with Crippen molar-refractivity contribution in [2.75, 3.05) is 0 Å². The summed E-state index contributed by atoms with van der Waals surface area (Å²) in [7, 11) is 0. The van der Waals surface area contributed by atoms with Gasteiger partial charge in [-0.25, -0.2) is 9.59 Å². The van der Waals surface area contributed by atoms with Gasteiger partial charge in [-0.3, -0.25) is 0 Å². The van der Waals surface area contributed by atoms with Crippen molar-refractivity contribution in [1.82, 2.24) is 0 Å². The second-order valence-corrected chi connectivity index (χ2v) is 5.10. The number of carbonyl (C=O) groups is 2. The summed E-state index contributed by atoms with van der Waals surface area (Å²) in [5.74, 6) is -1.87. The first-order valence-electron chi connectivity index (χ1n) is 6.12. The molecule has 0 unspecified atom stereocenters. The van der Waals surface area contributed by atoms with Gasteiger partial charge in [0.15, 0.2) is 0 Å². The van der Waals surface area contributed by atoms with Crippen LogP contribution in [-0.4, -0.2) is 11.9 Å². The first-order chi connectivity index (χ1) is 11.0. The number of rotatable bonds is 2. The van der Waals surface area contributed by atoms with Crippen molar-refractivity contribution in [2.24, 2.45) is 0 Å². The number of carbonyl (C=O) groups excluding carboxylic acids is 2. The van der Waals surface area contributed by atoms with Crippen LogP contribution in [0.4, 0.5) is 0 Å². The molecule has 0 bridgehead atoms. The molecule has 2 aromatic rings. The molecule has 0 amide bonds. The van der Waals surface area contributed by atoms with E-state index in [-0.39, 0.29) is 32.3 Å². The largest absolute Gasteiger partial charge is 0.386 e. The number of ether oxygens (including phenoxy) is 1. The summed E-state index contributed by atoms with van der Waals surface area (Å²) in [6.07, 6.45) is 0. The van der Waals surface area contributed by atoms with E-state index < -0.39 is 11.9 Å². The third-order valence-corrected chi connectivity index (χ3v) is 3.49. The smallest absolute Gasteiger partial charge is 0.346 e. The standard InChI is InChI=1S/C16H6Cl2N2O3/c17-13-3-1-9(5-11(13)7-19)15(21)23-16(22)10-2-4-14(18)12(6-10)8-20/h1-6H. The first-order valence-corrected chi connectivity index (χ1v) is 6.87. The lowest BCUT2D eigenvalue weighted by molar-refractivity contribution is 0.0397. The normalized spacial score (nSPS) is 9.57. The van der Waals surface area contributed by atoms with E-state index in [2.05, 4.69) is 0 Å². The Kier molecular flexibility index (Phi) is 4.98. The Bertz CT molecular complexity index is 822. The average molecular weight is 345 g/mol. The fourth-order valence-corrected chi connectivity index (χ4v) is 2.00. The van der Waals surface area contributed by atoms with Crippen LogP contribution in [0.25, 0.3) is 0 Å². The molecule has 2 rings (SSSR count). The maximum Gasteiger partial charge on any atom is 0.346 e. The van der Waals surface area contributed by atoms with Gasteiger partial charge >= 0.3 is 11.9 Å². The third-order valence-electron chi connectivity index (χ3n) is 2.83. The van der Waals surface area contributed by atoms with Crippen LogP contribution < -0.4 is 0 Å². The van der Waals surface area contributed by atoms with Gasteiger partial charge in [0, 0.05) is 0 Å². The molecule has 5 nitrogen and oxygen atoms in total. The zero-order chi connectivity index (χ0) is 17.0. The Morgan fingerprint density at radius 2 is 1.22 bits per heavy atom. The number of hydrogen-bond donors (Lipinski definition) is 0. The minimum atomic E-state index is -0.934. The van der Waals surface area contributed by atoms with Crippen LogP contribution in [0, 0.1) is 22.7 Å². The summed E-state index contributed by atoms with van der Waals surface area (Å²) in [6, 6.07) is 11.5. The average Bonchev–Trinajstić information content (AvgIpc) is 2.55. The molecule has 0 aliphatic heterocycles. The summed E-state index contributed by atoms with van der Waals surface area (Å²) < 4.78 is 4.72. The molecule has 0 saturated carbocycles. The summed E-state index contributed by atoms with van der Waals surface area (Å²) in [6.45, 7) is 0. The quantitative estimate of drug-likeness (QED) is 0.611. The Morgan fingerprint density at radius 3 is 1.57 bits per heavy atom. The van der Waals surface area contributed by atoms with Gasteiger partial charge in [-0.05, 0) is 36.4 Å². The zero-order valence-corrected chi connectivity index (χ0v) is 12.9. The number of hydrogen-bond acceptors (Lipinski definition) is 5. The molecule has 0 N–H and O–H groups in total. The minimum absolute atomic E-state index is 0.00812. The molecule has 0 fully saturated rings. The fourth-order valence-electron chi connectivity index (χ4n) is 1.68. The predicted molar refractivity (Wildman–Crippen MR) is 82.1 cm³/mol. The van der Waals surface area contributed by atoms with Gasteiger partial charge in [-0.1, -0.05) is 23.2 Å². The SMILES string of the molecule is N#Cc1cc(C(=O)OC(=O)c2ccc(Cl)c(C#N)c2)ccc1Cl. The monoisotopic (exact) mass is 344 g/mol. The van der Waals surface area contributed by atoms with Crippen molar-refractivity contribution >= 4 is 35.1 Å². The molecule has 0 atom stereocenters. The number of nitriles is 2. The van der Waals surface area contributed by atoms with E-state index in [4.69, 9.17) is 38.5 Å². The zero-order valence-electron chi connectivity index (χ0n) is 11.3. The number of esters is 2. The molecule has 2 aromatic carbocycles. The summed E-state index contributed by atoms with van der Waals surface area (Å²) in [5, 5.41) is 18.1. The van der Waals surface area contributed by atoms with Crippen molar-refractivity contribution in [3.05, 3.63) is 68.7 Å². The fraction of sp³-hybridized carbons (Fsp3) is 0.